The summed E-state index contributed by atoms with van der Waals surface area (Å²) in [6, 6.07) is 0.888. The zero-order chi connectivity index (χ0) is 10.8. The molecule has 2 heteroatoms. The van der Waals surface area contributed by atoms with Crippen LogP contribution in [-0.4, -0.2) is 25.3 Å². The van der Waals surface area contributed by atoms with Crippen LogP contribution in [0, 0.1) is 11.8 Å². The third kappa shape index (κ3) is 2.78. The van der Waals surface area contributed by atoms with Crippen molar-refractivity contribution in [2.45, 2.75) is 63.5 Å². The molecule has 0 bridgehead atoms. The largest absolute Gasteiger partial charge is 0.378 e. The molecule has 3 aliphatic rings. The Morgan fingerprint density at radius 3 is 2.44 bits per heavy atom. The van der Waals surface area contributed by atoms with Crippen molar-refractivity contribution < 1.29 is 4.74 Å². The number of rotatable bonds is 6. The molecule has 0 amide bonds. The van der Waals surface area contributed by atoms with Gasteiger partial charge in [-0.2, -0.15) is 0 Å². The standard InChI is InChI=1S/C14H25NO/c1-2-14(16-9-1)8-5-11-3-4-12(11)10-15-13-6-7-13/h11-15H,1-10H2. The van der Waals surface area contributed by atoms with Crippen LogP contribution in [0.25, 0.3) is 0 Å². The fraction of sp³-hybridized carbons (Fsp3) is 1.00. The molecule has 0 aromatic rings. The molecule has 16 heavy (non-hydrogen) atoms. The first-order valence-corrected chi connectivity index (χ1v) is 7.27. The van der Waals surface area contributed by atoms with Crippen molar-refractivity contribution in [3.05, 3.63) is 0 Å². The molecule has 2 aliphatic carbocycles. The van der Waals surface area contributed by atoms with Gasteiger partial charge in [-0.05, 0) is 69.7 Å². The van der Waals surface area contributed by atoms with Crippen molar-refractivity contribution in [1.29, 1.82) is 0 Å². The number of nitrogens with one attached hydrogen (secondary N) is 1. The first-order valence-electron chi connectivity index (χ1n) is 7.27. The minimum atomic E-state index is 0.609. The molecule has 3 rings (SSSR count). The van der Waals surface area contributed by atoms with Gasteiger partial charge < -0.3 is 10.1 Å². The molecule has 1 saturated heterocycles. The van der Waals surface area contributed by atoms with Crippen molar-refractivity contribution in [1.82, 2.24) is 5.32 Å². The summed E-state index contributed by atoms with van der Waals surface area (Å²) >= 11 is 0. The summed E-state index contributed by atoms with van der Waals surface area (Å²) in [6.45, 7) is 2.31. The van der Waals surface area contributed by atoms with Crippen molar-refractivity contribution in [3.8, 4) is 0 Å². The predicted molar refractivity (Wildman–Crippen MR) is 65.4 cm³/mol. The van der Waals surface area contributed by atoms with Gasteiger partial charge >= 0.3 is 0 Å². The summed E-state index contributed by atoms with van der Waals surface area (Å²) in [5.41, 5.74) is 0. The van der Waals surface area contributed by atoms with Crippen LogP contribution in [0.15, 0.2) is 0 Å². The molecule has 1 aliphatic heterocycles. The van der Waals surface area contributed by atoms with Gasteiger partial charge in [-0.15, -0.1) is 0 Å². The molecular weight excluding hydrogens is 198 g/mol. The maximum absolute atomic E-state index is 5.70. The predicted octanol–water partition coefficient (Wildman–Crippen LogP) is 2.72. The lowest BCUT2D eigenvalue weighted by atomic mass is 9.71. The van der Waals surface area contributed by atoms with E-state index in [9.17, 15) is 0 Å². The lowest BCUT2D eigenvalue weighted by Crippen LogP contribution is -2.36. The monoisotopic (exact) mass is 223 g/mol. The summed E-state index contributed by atoms with van der Waals surface area (Å²) in [5.74, 6) is 2.00. The van der Waals surface area contributed by atoms with Crippen LogP contribution in [0.2, 0.25) is 0 Å². The molecule has 2 nitrogen and oxygen atoms in total. The lowest BCUT2D eigenvalue weighted by Gasteiger charge is -2.37. The zero-order valence-corrected chi connectivity index (χ0v) is 10.3. The van der Waals surface area contributed by atoms with E-state index in [-0.39, 0.29) is 0 Å². The van der Waals surface area contributed by atoms with Crippen LogP contribution < -0.4 is 5.32 Å². The molecule has 3 fully saturated rings. The van der Waals surface area contributed by atoms with Crippen molar-refractivity contribution in [2.24, 2.45) is 11.8 Å². The molecule has 0 radical (unpaired) electrons. The third-order valence-electron chi connectivity index (χ3n) is 4.70. The molecular formula is C14H25NO. The molecule has 1 N–H and O–H groups in total. The molecule has 3 unspecified atom stereocenters. The third-order valence-corrected chi connectivity index (χ3v) is 4.70. The van der Waals surface area contributed by atoms with E-state index >= 15 is 0 Å². The normalized spacial score (nSPS) is 38.6. The van der Waals surface area contributed by atoms with Gasteiger partial charge in [-0.3, -0.25) is 0 Å². The van der Waals surface area contributed by atoms with E-state index in [1.54, 1.807) is 0 Å². The summed E-state index contributed by atoms with van der Waals surface area (Å²) < 4.78 is 5.70. The van der Waals surface area contributed by atoms with Crippen molar-refractivity contribution in [3.63, 3.8) is 0 Å². The van der Waals surface area contributed by atoms with Gasteiger partial charge in [0, 0.05) is 12.6 Å². The van der Waals surface area contributed by atoms with E-state index < -0.39 is 0 Å². The maximum Gasteiger partial charge on any atom is 0.0576 e. The van der Waals surface area contributed by atoms with Gasteiger partial charge in [0.1, 0.15) is 0 Å². The summed E-state index contributed by atoms with van der Waals surface area (Å²) in [4.78, 5) is 0. The first kappa shape index (κ1) is 11.0. The molecule has 0 spiro atoms. The van der Waals surface area contributed by atoms with Gasteiger partial charge in [-0.1, -0.05) is 0 Å². The lowest BCUT2D eigenvalue weighted by molar-refractivity contribution is 0.0795. The fourth-order valence-electron chi connectivity index (χ4n) is 3.16. The van der Waals surface area contributed by atoms with Crippen molar-refractivity contribution >= 4 is 0 Å². The number of hydrogen-bond donors (Lipinski definition) is 1. The molecule has 2 saturated carbocycles. The second-order valence-corrected chi connectivity index (χ2v) is 5.99. The highest BCUT2D eigenvalue weighted by Gasteiger charge is 2.32. The Kier molecular flexibility index (Phi) is 3.49. The summed E-state index contributed by atoms with van der Waals surface area (Å²) in [7, 11) is 0. The Balaban J connectivity index is 1.31. The Bertz CT molecular complexity index is 221. The zero-order valence-electron chi connectivity index (χ0n) is 10.3. The SMILES string of the molecule is C1COC(CCC2CCC2CNC2CC2)C1. The van der Waals surface area contributed by atoms with E-state index in [1.807, 2.05) is 0 Å². The van der Waals surface area contributed by atoms with Crippen LogP contribution in [0.5, 0.6) is 0 Å². The van der Waals surface area contributed by atoms with E-state index in [1.165, 1.54) is 57.9 Å². The highest BCUT2D eigenvalue weighted by Crippen LogP contribution is 2.38. The first-order chi connectivity index (χ1) is 7.92. The van der Waals surface area contributed by atoms with Crippen LogP contribution >= 0.6 is 0 Å². The molecule has 92 valence electrons. The van der Waals surface area contributed by atoms with Crippen LogP contribution in [0.1, 0.15) is 51.4 Å². The maximum atomic E-state index is 5.70. The number of hydrogen-bond acceptors (Lipinski definition) is 2. The second-order valence-electron chi connectivity index (χ2n) is 5.99. The minimum absolute atomic E-state index is 0.609. The van der Waals surface area contributed by atoms with Gasteiger partial charge in [-0.25, -0.2) is 0 Å². The summed E-state index contributed by atoms with van der Waals surface area (Å²) in [6.07, 6.45) is 11.8. The Morgan fingerprint density at radius 1 is 0.938 bits per heavy atom. The van der Waals surface area contributed by atoms with Crippen LogP contribution in [0.4, 0.5) is 0 Å². The van der Waals surface area contributed by atoms with Gasteiger partial charge in [0.2, 0.25) is 0 Å². The summed E-state index contributed by atoms with van der Waals surface area (Å²) in [5, 5.41) is 3.69. The topological polar surface area (TPSA) is 21.3 Å². The van der Waals surface area contributed by atoms with E-state index in [0.717, 1.165) is 24.5 Å². The minimum Gasteiger partial charge on any atom is -0.378 e. The van der Waals surface area contributed by atoms with Gasteiger partial charge in [0.15, 0.2) is 0 Å². The molecule has 1 heterocycles. The molecule has 0 aromatic carbocycles. The van der Waals surface area contributed by atoms with E-state index in [0.29, 0.717) is 6.10 Å². The second kappa shape index (κ2) is 5.05. The molecule has 0 aromatic heterocycles. The van der Waals surface area contributed by atoms with Gasteiger partial charge in [0.05, 0.1) is 6.10 Å². The van der Waals surface area contributed by atoms with E-state index in [4.69, 9.17) is 4.74 Å². The Morgan fingerprint density at radius 2 is 1.81 bits per heavy atom. The van der Waals surface area contributed by atoms with Crippen molar-refractivity contribution in [2.75, 3.05) is 13.2 Å². The Labute approximate surface area is 99.1 Å². The van der Waals surface area contributed by atoms with Crippen LogP contribution in [-0.2, 0) is 4.74 Å². The smallest absolute Gasteiger partial charge is 0.0576 e. The number of ether oxygens (including phenoxy) is 1. The van der Waals surface area contributed by atoms with Gasteiger partial charge in [0.25, 0.3) is 0 Å². The average Bonchev–Trinajstić information content (AvgIpc) is 2.92. The highest BCUT2D eigenvalue weighted by atomic mass is 16.5. The van der Waals surface area contributed by atoms with E-state index in [2.05, 4.69) is 5.32 Å². The highest BCUT2D eigenvalue weighted by molar-refractivity contribution is 4.87. The Hall–Kier alpha value is -0.0800. The van der Waals surface area contributed by atoms with Crippen LogP contribution in [0.3, 0.4) is 0 Å². The molecule has 3 atom stereocenters. The average molecular weight is 223 g/mol. The quantitative estimate of drug-likeness (QED) is 0.747. The fourth-order valence-corrected chi connectivity index (χ4v) is 3.16.